The molecule has 2 aromatic heterocycles. The van der Waals surface area contributed by atoms with Gasteiger partial charge in [0.2, 0.25) is 0 Å². The van der Waals surface area contributed by atoms with Gasteiger partial charge in [0.15, 0.2) is 0 Å². The molecule has 3 aromatic rings. The molecule has 7 nitrogen and oxygen atoms in total. The van der Waals surface area contributed by atoms with E-state index in [1.165, 1.54) is 0 Å². The Kier molecular flexibility index (Phi) is 12.3. The van der Waals surface area contributed by atoms with E-state index in [2.05, 4.69) is 31.2 Å². The van der Waals surface area contributed by atoms with Crippen molar-refractivity contribution in [3.8, 4) is 0 Å². The van der Waals surface area contributed by atoms with Crippen LogP contribution in [0.1, 0.15) is 29.3 Å². The smallest absolute Gasteiger partial charge is 0.252 e. The number of nitrogens with one attached hydrogen (secondary N) is 4. The van der Waals surface area contributed by atoms with E-state index in [-0.39, 0.29) is 5.91 Å². The van der Waals surface area contributed by atoms with Gasteiger partial charge in [-0.2, -0.15) is 0 Å². The Morgan fingerprint density at radius 1 is 0.970 bits per heavy atom. The van der Waals surface area contributed by atoms with Crippen LogP contribution in [0, 0.1) is 0 Å². The number of benzene rings is 1. The first-order valence-corrected chi connectivity index (χ1v) is 11.5. The third-order valence-corrected chi connectivity index (χ3v) is 4.84. The van der Waals surface area contributed by atoms with Crippen molar-refractivity contribution in [1.29, 1.82) is 0 Å². The van der Waals surface area contributed by atoms with Crippen LogP contribution < -0.4 is 21.3 Å². The molecule has 0 atom stereocenters. The highest BCUT2D eigenvalue weighted by Gasteiger charge is 2.09. The van der Waals surface area contributed by atoms with Crippen molar-refractivity contribution in [2.45, 2.75) is 19.8 Å². The molecule has 0 unspecified atom stereocenters. The number of rotatable bonds is 11. The summed E-state index contributed by atoms with van der Waals surface area (Å²) in [6.45, 7) is 5.05. The number of hydrogen-bond acceptors (Lipinski definition) is 6. The Hall–Kier alpha value is -3.16. The van der Waals surface area contributed by atoms with Crippen LogP contribution >= 0.6 is 11.6 Å². The minimum atomic E-state index is -0.117. The second kappa shape index (κ2) is 15.6. The minimum absolute atomic E-state index is 0.117. The van der Waals surface area contributed by atoms with E-state index in [1.54, 1.807) is 12.4 Å². The molecule has 0 fully saturated rings. The zero-order valence-electron chi connectivity index (χ0n) is 19.3. The highest BCUT2D eigenvalue weighted by Crippen LogP contribution is 2.19. The number of hydrogen-bond donors (Lipinski definition) is 4. The van der Waals surface area contributed by atoms with Gasteiger partial charge < -0.3 is 21.3 Å². The van der Waals surface area contributed by atoms with E-state index in [1.807, 2.05) is 68.6 Å². The fourth-order valence-corrected chi connectivity index (χ4v) is 3.03. The van der Waals surface area contributed by atoms with E-state index < -0.39 is 0 Å². The Morgan fingerprint density at radius 3 is 2.30 bits per heavy atom. The van der Waals surface area contributed by atoms with Gasteiger partial charge in [0.1, 0.15) is 11.0 Å². The Balaban J connectivity index is 0.000000554. The maximum Gasteiger partial charge on any atom is 0.252 e. The van der Waals surface area contributed by atoms with E-state index in [0.717, 1.165) is 49.5 Å². The van der Waals surface area contributed by atoms with Gasteiger partial charge in [-0.15, -0.1) is 0 Å². The summed E-state index contributed by atoms with van der Waals surface area (Å²) in [5.74, 6) is 0.611. The highest BCUT2D eigenvalue weighted by atomic mass is 35.5. The molecule has 0 bridgehead atoms. The molecule has 0 aliphatic carbocycles. The van der Waals surface area contributed by atoms with Gasteiger partial charge in [-0.1, -0.05) is 54.1 Å². The number of carbonyl (C=O) groups excluding carboxylic acids is 1. The summed E-state index contributed by atoms with van der Waals surface area (Å²) >= 11 is 5.78. The lowest BCUT2D eigenvalue weighted by Crippen LogP contribution is -2.23. The largest absolute Gasteiger partial charge is 0.382 e. The van der Waals surface area contributed by atoms with Crippen molar-refractivity contribution in [2.75, 3.05) is 43.9 Å². The van der Waals surface area contributed by atoms with Crippen molar-refractivity contribution in [2.24, 2.45) is 0 Å². The molecule has 2 heterocycles. The van der Waals surface area contributed by atoms with Gasteiger partial charge >= 0.3 is 0 Å². The van der Waals surface area contributed by atoms with E-state index in [4.69, 9.17) is 11.6 Å². The van der Waals surface area contributed by atoms with Crippen LogP contribution in [0.2, 0.25) is 5.15 Å². The molecule has 1 aromatic carbocycles. The third kappa shape index (κ3) is 10.3. The zero-order chi connectivity index (χ0) is 23.7. The number of aromatic nitrogens is 2. The molecule has 176 valence electrons. The van der Waals surface area contributed by atoms with Crippen molar-refractivity contribution in [1.82, 2.24) is 20.6 Å². The van der Waals surface area contributed by atoms with Gasteiger partial charge in [0.05, 0.1) is 11.3 Å². The SMILES string of the molecule is CCNC(=O)c1cnc(NC)c(NCCCNCCc2ccc(Cl)nc2)c1.c1ccccc1. The summed E-state index contributed by atoms with van der Waals surface area (Å²) in [5, 5.41) is 13.1. The molecule has 0 radical (unpaired) electrons. The maximum absolute atomic E-state index is 12.0. The molecule has 1 amide bonds. The van der Waals surface area contributed by atoms with Gasteiger partial charge in [-0.05, 0) is 50.6 Å². The van der Waals surface area contributed by atoms with Crippen LogP contribution in [0.4, 0.5) is 11.5 Å². The van der Waals surface area contributed by atoms with Gasteiger partial charge in [-0.25, -0.2) is 9.97 Å². The molecule has 3 rings (SSSR count). The molecular weight excluding hydrogens is 436 g/mol. The Morgan fingerprint density at radius 2 is 1.70 bits per heavy atom. The zero-order valence-corrected chi connectivity index (χ0v) is 20.0. The average Bonchev–Trinajstić information content (AvgIpc) is 2.86. The van der Waals surface area contributed by atoms with Gasteiger partial charge in [0, 0.05) is 32.5 Å². The molecule has 0 aliphatic rings. The average molecular weight is 469 g/mol. The molecule has 0 spiro atoms. The molecule has 4 N–H and O–H groups in total. The fourth-order valence-electron chi connectivity index (χ4n) is 2.92. The van der Waals surface area contributed by atoms with Gasteiger partial charge in [-0.3, -0.25) is 4.79 Å². The number of pyridine rings is 2. The summed E-state index contributed by atoms with van der Waals surface area (Å²) < 4.78 is 0. The second-order valence-corrected chi connectivity index (χ2v) is 7.54. The fraction of sp³-hybridized carbons (Fsp3) is 0.320. The van der Waals surface area contributed by atoms with Crippen molar-refractivity contribution in [3.05, 3.63) is 83.3 Å². The standard InChI is InChI=1S/C19H27ClN6O.C6H6/c1-3-23-19(27)15-11-16(18(21-2)26-13-15)24-9-4-8-22-10-7-14-5-6-17(20)25-12-14;1-2-4-6-5-3-1/h5-6,11-13,22,24H,3-4,7-10H2,1-2H3,(H,21,26)(H,23,27);1-6H. The normalized spacial score (nSPS) is 10.0. The molecule has 0 saturated heterocycles. The van der Waals surface area contributed by atoms with Crippen LogP contribution in [0.25, 0.3) is 0 Å². The molecule has 33 heavy (non-hydrogen) atoms. The van der Waals surface area contributed by atoms with Crippen LogP contribution in [0.3, 0.4) is 0 Å². The number of amides is 1. The molecular formula is C25H33ClN6O. The molecule has 0 aliphatic heterocycles. The summed E-state index contributed by atoms with van der Waals surface area (Å²) in [7, 11) is 1.81. The highest BCUT2D eigenvalue weighted by molar-refractivity contribution is 6.29. The monoisotopic (exact) mass is 468 g/mol. The van der Waals surface area contributed by atoms with Crippen molar-refractivity contribution in [3.63, 3.8) is 0 Å². The Bertz CT molecular complexity index is 911. The number of nitrogens with zero attached hydrogens (tertiary/aromatic N) is 2. The first kappa shape index (κ1) is 26.1. The maximum atomic E-state index is 12.0. The number of anilines is 2. The summed E-state index contributed by atoms with van der Waals surface area (Å²) in [5.41, 5.74) is 2.54. The second-order valence-electron chi connectivity index (χ2n) is 7.15. The Labute approximate surface area is 201 Å². The van der Waals surface area contributed by atoms with Crippen molar-refractivity contribution >= 4 is 29.0 Å². The molecule has 8 heteroatoms. The van der Waals surface area contributed by atoms with Crippen molar-refractivity contribution < 1.29 is 4.79 Å². The lowest BCUT2D eigenvalue weighted by molar-refractivity contribution is 0.0955. The third-order valence-electron chi connectivity index (χ3n) is 4.62. The molecule has 0 saturated carbocycles. The van der Waals surface area contributed by atoms with E-state index >= 15 is 0 Å². The van der Waals surface area contributed by atoms with E-state index in [0.29, 0.717) is 17.3 Å². The van der Waals surface area contributed by atoms with E-state index in [9.17, 15) is 4.79 Å². The topological polar surface area (TPSA) is 91.0 Å². The van der Waals surface area contributed by atoms with Crippen LogP contribution in [0.15, 0.2) is 67.0 Å². The van der Waals surface area contributed by atoms with Crippen LogP contribution in [-0.4, -0.2) is 49.1 Å². The summed E-state index contributed by atoms with van der Waals surface area (Å²) in [4.78, 5) is 20.3. The quantitative estimate of drug-likeness (QED) is 0.248. The number of halogens is 1. The predicted octanol–water partition coefficient (Wildman–Crippen LogP) is 4.24. The minimum Gasteiger partial charge on any atom is -0.382 e. The van der Waals surface area contributed by atoms with Crippen LogP contribution in [0.5, 0.6) is 0 Å². The lowest BCUT2D eigenvalue weighted by Gasteiger charge is -2.13. The lowest BCUT2D eigenvalue weighted by atomic mass is 10.2. The van der Waals surface area contributed by atoms with Gasteiger partial charge in [0.25, 0.3) is 5.91 Å². The first-order chi connectivity index (χ1) is 16.1. The summed E-state index contributed by atoms with van der Waals surface area (Å²) in [6.07, 6.45) is 5.25. The predicted molar refractivity (Wildman–Crippen MR) is 137 cm³/mol. The summed E-state index contributed by atoms with van der Waals surface area (Å²) in [6, 6.07) is 17.6. The van der Waals surface area contributed by atoms with Crippen LogP contribution in [-0.2, 0) is 6.42 Å². The first-order valence-electron chi connectivity index (χ1n) is 11.1. The number of carbonyl (C=O) groups is 1.